The quantitative estimate of drug-likeness (QED) is 0.509. The fraction of sp³-hybridized carbons (Fsp3) is 0.500. The van der Waals surface area contributed by atoms with E-state index < -0.39 is 11.8 Å². The lowest BCUT2D eigenvalue weighted by Crippen LogP contribution is -2.28. The van der Waals surface area contributed by atoms with E-state index in [1.807, 2.05) is 13.8 Å². The lowest BCUT2D eigenvalue weighted by Gasteiger charge is -2.13. The van der Waals surface area contributed by atoms with E-state index in [2.05, 4.69) is 0 Å². The van der Waals surface area contributed by atoms with Crippen LogP contribution in [0.2, 0.25) is 0 Å². The summed E-state index contributed by atoms with van der Waals surface area (Å²) in [7, 11) is 0. The van der Waals surface area contributed by atoms with E-state index in [1.54, 1.807) is 19.1 Å². The Morgan fingerprint density at radius 3 is 2.64 bits per heavy atom. The Morgan fingerprint density at radius 1 is 1.50 bits per heavy atom. The molecule has 4 nitrogen and oxygen atoms in total. The van der Waals surface area contributed by atoms with Crippen LogP contribution in [0.25, 0.3) is 0 Å². The first-order valence-electron chi connectivity index (χ1n) is 4.54. The normalized spacial score (nSPS) is 25.8. The molecule has 1 atom stereocenters. The second-order valence-corrected chi connectivity index (χ2v) is 3.91. The summed E-state index contributed by atoms with van der Waals surface area (Å²) < 4.78 is 11.6. The van der Waals surface area contributed by atoms with Crippen LogP contribution in [0, 0.1) is 5.21 Å². The molecule has 1 aromatic rings. The molecule has 0 spiro atoms. The van der Waals surface area contributed by atoms with Crippen LogP contribution >= 0.6 is 0 Å². The van der Waals surface area contributed by atoms with Gasteiger partial charge in [0, 0.05) is 6.92 Å². The van der Waals surface area contributed by atoms with E-state index in [-0.39, 0.29) is 0 Å². The lowest BCUT2D eigenvalue weighted by atomic mass is 10.1. The van der Waals surface area contributed by atoms with E-state index in [4.69, 9.17) is 9.15 Å². The van der Waals surface area contributed by atoms with Gasteiger partial charge in [-0.3, -0.25) is 4.74 Å². The Hall–Kier alpha value is -1.29. The molecule has 1 aromatic heterocycles. The second-order valence-electron chi connectivity index (χ2n) is 3.91. The van der Waals surface area contributed by atoms with Crippen LogP contribution in [0.1, 0.15) is 32.8 Å². The van der Waals surface area contributed by atoms with Gasteiger partial charge in [0.05, 0.1) is 6.26 Å². The van der Waals surface area contributed by atoms with Gasteiger partial charge in [0.2, 0.25) is 5.76 Å². The molecule has 0 saturated heterocycles. The van der Waals surface area contributed by atoms with E-state index in [1.165, 1.54) is 6.26 Å². The first-order valence-corrected chi connectivity index (χ1v) is 4.54. The highest BCUT2D eigenvalue weighted by atomic mass is 16.6. The number of ether oxygens (including phenoxy) is 1. The highest BCUT2D eigenvalue weighted by Gasteiger charge is 2.44. The summed E-state index contributed by atoms with van der Waals surface area (Å²) in [4.78, 5) is 0. The van der Waals surface area contributed by atoms with Crippen molar-refractivity contribution in [1.82, 2.24) is 0 Å². The van der Waals surface area contributed by atoms with Gasteiger partial charge in [0.25, 0.3) is 0 Å². The monoisotopic (exact) mass is 195 g/mol. The smallest absolute Gasteiger partial charge is 0.328 e. The van der Waals surface area contributed by atoms with Crippen molar-refractivity contribution in [3.8, 4) is 0 Å². The molecule has 0 radical (unpaired) electrons. The number of hydroxylamine groups is 1. The van der Waals surface area contributed by atoms with Crippen LogP contribution in [0.15, 0.2) is 22.8 Å². The molecule has 0 saturated carbocycles. The van der Waals surface area contributed by atoms with Crippen molar-refractivity contribution in [2.75, 3.05) is 0 Å². The van der Waals surface area contributed by atoms with Crippen LogP contribution in [-0.4, -0.2) is 16.1 Å². The lowest BCUT2D eigenvalue weighted by molar-refractivity contribution is -0.550. The Morgan fingerprint density at radius 2 is 2.21 bits per heavy atom. The number of furan rings is 1. The molecule has 0 fully saturated rings. The summed E-state index contributed by atoms with van der Waals surface area (Å²) in [5.41, 5.74) is 0.151. The van der Waals surface area contributed by atoms with Gasteiger partial charge in [0.15, 0.2) is 11.3 Å². The molecule has 1 unspecified atom stereocenters. The number of nitrogens with zero attached hydrogens (tertiary/aromatic N) is 1. The van der Waals surface area contributed by atoms with Crippen LogP contribution in [0.4, 0.5) is 0 Å². The predicted molar refractivity (Wildman–Crippen MR) is 50.9 cm³/mol. The summed E-state index contributed by atoms with van der Waals surface area (Å²) in [6.45, 7) is 5.52. The van der Waals surface area contributed by atoms with E-state index in [0.717, 1.165) is 4.74 Å². The molecule has 0 N–H and O–H groups in total. The first kappa shape index (κ1) is 9.27. The third-order valence-corrected chi connectivity index (χ3v) is 2.61. The fourth-order valence-corrected chi connectivity index (χ4v) is 1.46. The molecule has 1 aliphatic heterocycles. The van der Waals surface area contributed by atoms with Crippen LogP contribution in [0.3, 0.4) is 0 Å². The number of rotatable bonds is 1. The molecule has 14 heavy (non-hydrogen) atoms. The van der Waals surface area contributed by atoms with Gasteiger partial charge in [0.1, 0.15) is 0 Å². The van der Waals surface area contributed by atoms with Crippen molar-refractivity contribution in [3.63, 3.8) is 0 Å². The van der Waals surface area contributed by atoms with Gasteiger partial charge >= 0.3 is 6.23 Å². The van der Waals surface area contributed by atoms with Crippen molar-refractivity contribution in [1.29, 1.82) is 0 Å². The molecule has 2 rings (SSSR count). The molecule has 2 heterocycles. The number of hydrogen-bond acceptors (Lipinski definition) is 3. The molecular formula is C10H13NO3. The standard InChI is InChI=1S/C10H13NO3/c1-7-10(2,3)14-9(11(7)12)8-5-4-6-13-8/h4-6,9H,1-3H3. The molecule has 0 aromatic carbocycles. The topological polar surface area (TPSA) is 48.4 Å². The van der Waals surface area contributed by atoms with E-state index in [0.29, 0.717) is 11.5 Å². The van der Waals surface area contributed by atoms with Crippen molar-refractivity contribution >= 4 is 5.71 Å². The zero-order chi connectivity index (χ0) is 10.3. The minimum Gasteiger partial charge on any atom is -0.621 e. The molecule has 0 amide bonds. The van der Waals surface area contributed by atoms with Gasteiger partial charge in [-0.25, -0.2) is 0 Å². The van der Waals surface area contributed by atoms with Gasteiger partial charge in [-0.05, 0) is 26.0 Å². The highest BCUT2D eigenvalue weighted by Crippen LogP contribution is 2.32. The summed E-state index contributed by atoms with van der Waals surface area (Å²) in [5, 5.41) is 11.7. The Bertz CT molecular complexity index is 365. The highest BCUT2D eigenvalue weighted by molar-refractivity contribution is 5.86. The summed E-state index contributed by atoms with van der Waals surface area (Å²) in [5.74, 6) is 0.546. The van der Waals surface area contributed by atoms with Crippen molar-refractivity contribution in [2.45, 2.75) is 32.6 Å². The molecule has 4 heteroatoms. The van der Waals surface area contributed by atoms with Gasteiger partial charge in [-0.1, -0.05) is 0 Å². The van der Waals surface area contributed by atoms with Crippen molar-refractivity contribution in [3.05, 3.63) is 29.4 Å². The maximum Gasteiger partial charge on any atom is 0.328 e. The fourth-order valence-electron chi connectivity index (χ4n) is 1.46. The summed E-state index contributed by atoms with van der Waals surface area (Å²) in [6.07, 6.45) is 0.896. The Balaban J connectivity index is 2.36. The summed E-state index contributed by atoms with van der Waals surface area (Å²) in [6, 6.07) is 3.48. The predicted octanol–water partition coefficient (Wildman–Crippen LogP) is 2.06. The largest absolute Gasteiger partial charge is 0.621 e. The molecular weight excluding hydrogens is 182 g/mol. The van der Waals surface area contributed by atoms with Crippen molar-refractivity contribution < 1.29 is 13.9 Å². The van der Waals surface area contributed by atoms with E-state index in [9.17, 15) is 5.21 Å². The maximum atomic E-state index is 11.7. The molecule has 1 aliphatic rings. The minimum atomic E-state index is -0.639. The van der Waals surface area contributed by atoms with E-state index >= 15 is 0 Å². The number of hydrogen-bond donors (Lipinski definition) is 0. The van der Waals surface area contributed by atoms with Crippen molar-refractivity contribution in [2.24, 2.45) is 0 Å². The Kier molecular flexibility index (Phi) is 1.89. The zero-order valence-corrected chi connectivity index (χ0v) is 8.48. The Labute approximate surface area is 82.4 Å². The van der Waals surface area contributed by atoms with Gasteiger partial charge < -0.3 is 9.62 Å². The third-order valence-electron chi connectivity index (χ3n) is 2.61. The van der Waals surface area contributed by atoms with Crippen LogP contribution < -0.4 is 0 Å². The summed E-state index contributed by atoms with van der Waals surface area (Å²) >= 11 is 0. The first-order chi connectivity index (χ1) is 6.52. The average molecular weight is 195 g/mol. The van der Waals surface area contributed by atoms with Crippen LogP contribution in [-0.2, 0) is 4.74 Å². The molecule has 76 valence electrons. The second kappa shape index (κ2) is 2.85. The molecule has 0 aliphatic carbocycles. The third kappa shape index (κ3) is 1.23. The van der Waals surface area contributed by atoms with Crippen LogP contribution in [0.5, 0.6) is 0 Å². The minimum absolute atomic E-state index is 0.515. The molecule has 0 bridgehead atoms. The SMILES string of the molecule is CC1=[N+]([O-])C(c2ccco2)OC1(C)C. The zero-order valence-electron chi connectivity index (χ0n) is 8.48. The average Bonchev–Trinajstić information content (AvgIpc) is 2.69. The van der Waals surface area contributed by atoms with Gasteiger partial charge in [-0.15, -0.1) is 0 Å². The maximum absolute atomic E-state index is 11.7. The van der Waals surface area contributed by atoms with Gasteiger partial charge in [-0.2, -0.15) is 4.74 Å².